The van der Waals surface area contributed by atoms with Crippen molar-refractivity contribution in [3.05, 3.63) is 40.9 Å². The average Bonchev–Trinajstić information content (AvgIpc) is 2.03. The van der Waals surface area contributed by atoms with Gasteiger partial charge in [0, 0.05) is 11.1 Å². The molecule has 0 saturated carbocycles. The first-order chi connectivity index (χ1) is 6.09. The average molecular weight is 215 g/mol. The number of allylic oxidation sites excluding steroid dienone is 2. The molecule has 0 aromatic heterocycles. The van der Waals surface area contributed by atoms with Gasteiger partial charge < -0.3 is 0 Å². The van der Waals surface area contributed by atoms with Gasteiger partial charge in [0.25, 0.3) is 0 Å². The molecule has 1 nitrogen and oxygen atoms in total. The number of carbonyl (C=O) groups excluding carboxylic acids is 1. The van der Waals surface area contributed by atoms with Crippen LogP contribution in [0.3, 0.4) is 0 Å². The number of hydrogen-bond donors (Lipinski definition) is 0. The van der Waals surface area contributed by atoms with Gasteiger partial charge in [-0.1, -0.05) is 23.7 Å². The van der Waals surface area contributed by atoms with Gasteiger partial charge in [-0.15, -0.1) is 0 Å². The number of halogens is 2. The van der Waals surface area contributed by atoms with Crippen LogP contribution in [-0.4, -0.2) is 5.24 Å². The third kappa shape index (κ3) is 3.21. The fraction of sp³-hybridized carbons (Fsp3) is 0.100. The van der Waals surface area contributed by atoms with Crippen LogP contribution in [0, 0.1) is 0 Å². The van der Waals surface area contributed by atoms with E-state index in [0.29, 0.717) is 5.02 Å². The molecule has 1 aromatic carbocycles. The molecule has 0 heterocycles. The summed E-state index contributed by atoms with van der Waals surface area (Å²) in [5.74, 6) is 0. The van der Waals surface area contributed by atoms with Gasteiger partial charge in [-0.25, -0.2) is 0 Å². The van der Waals surface area contributed by atoms with Crippen LogP contribution >= 0.6 is 23.2 Å². The molecule has 0 aliphatic carbocycles. The number of carbonyl (C=O) groups is 1. The molecule has 0 aliphatic heterocycles. The largest absolute Gasteiger partial charge is 0.276 e. The summed E-state index contributed by atoms with van der Waals surface area (Å²) in [4.78, 5) is 10.6. The molecule has 0 unspecified atom stereocenters. The van der Waals surface area contributed by atoms with E-state index in [9.17, 15) is 4.79 Å². The molecule has 0 amide bonds. The molecule has 3 heteroatoms. The Kier molecular flexibility index (Phi) is 3.52. The first-order valence-corrected chi connectivity index (χ1v) is 4.49. The highest BCUT2D eigenvalue weighted by atomic mass is 35.5. The maximum atomic E-state index is 10.6. The van der Waals surface area contributed by atoms with Crippen molar-refractivity contribution in [2.45, 2.75) is 6.92 Å². The van der Waals surface area contributed by atoms with Crippen LogP contribution in [0.1, 0.15) is 12.5 Å². The summed E-state index contributed by atoms with van der Waals surface area (Å²) in [5.41, 5.74) is 1.71. The lowest BCUT2D eigenvalue weighted by Gasteiger charge is -1.99. The summed E-state index contributed by atoms with van der Waals surface area (Å²) in [6, 6.07) is 7.26. The molecule has 0 fully saturated rings. The molecule has 0 N–H and O–H groups in total. The zero-order valence-corrected chi connectivity index (χ0v) is 8.56. The highest BCUT2D eigenvalue weighted by Crippen LogP contribution is 2.18. The SMILES string of the molecule is C/C(=C/C(=O)Cl)c1cccc(Cl)c1. The Labute approximate surface area is 87.0 Å². The monoisotopic (exact) mass is 214 g/mol. The second kappa shape index (κ2) is 4.45. The third-order valence-corrected chi connectivity index (χ3v) is 1.95. The molecule has 13 heavy (non-hydrogen) atoms. The van der Waals surface area contributed by atoms with Crippen molar-refractivity contribution in [3.8, 4) is 0 Å². The highest BCUT2D eigenvalue weighted by molar-refractivity contribution is 6.67. The maximum Gasteiger partial charge on any atom is 0.245 e. The van der Waals surface area contributed by atoms with E-state index in [1.165, 1.54) is 6.08 Å². The van der Waals surface area contributed by atoms with Crippen LogP contribution in [0.2, 0.25) is 5.02 Å². The van der Waals surface area contributed by atoms with Crippen LogP contribution in [0.4, 0.5) is 0 Å². The standard InChI is InChI=1S/C10H8Cl2O/c1-7(5-10(12)13)8-3-2-4-9(11)6-8/h2-6H,1H3/b7-5-. The Morgan fingerprint density at radius 2 is 2.15 bits per heavy atom. The molecule has 0 atom stereocenters. The number of hydrogen-bond acceptors (Lipinski definition) is 1. The molecule has 1 rings (SSSR count). The molecule has 0 saturated heterocycles. The molecular weight excluding hydrogens is 207 g/mol. The van der Waals surface area contributed by atoms with Gasteiger partial charge >= 0.3 is 0 Å². The topological polar surface area (TPSA) is 17.1 Å². The van der Waals surface area contributed by atoms with Gasteiger partial charge in [0.2, 0.25) is 5.24 Å². The summed E-state index contributed by atoms with van der Waals surface area (Å²) in [6.45, 7) is 1.81. The van der Waals surface area contributed by atoms with E-state index in [4.69, 9.17) is 23.2 Å². The van der Waals surface area contributed by atoms with E-state index in [1.54, 1.807) is 12.1 Å². The Balaban J connectivity index is 3.02. The summed E-state index contributed by atoms with van der Waals surface area (Å²) < 4.78 is 0. The Morgan fingerprint density at radius 3 is 2.69 bits per heavy atom. The van der Waals surface area contributed by atoms with Gasteiger partial charge in [-0.05, 0) is 41.8 Å². The minimum absolute atomic E-state index is 0.475. The second-order valence-corrected chi connectivity index (χ2v) is 3.45. The van der Waals surface area contributed by atoms with Gasteiger partial charge in [0.15, 0.2) is 0 Å². The van der Waals surface area contributed by atoms with E-state index < -0.39 is 5.24 Å². The van der Waals surface area contributed by atoms with Gasteiger partial charge in [0.05, 0.1) is 0 Å². The van der Waals surface area contributed by atoms with Crippen LogP contribution in [0.15, 0.2) is 30.3 Å². The Morgan fingerprint density at radius 1 is 1.46 bits per heavy atom. The molecule has 0 radical (unpaired) electrons. The second-order valence-electron chi connectivity index (χ2n) is 2.64. The van der Waals surface area contributed by atoms with Crippen LogP contribution in [0.25, 0.3) is 5.57 Å². The predicted molar refractivity (Wildman–Crippen MR) is 56.0 cm³/mol. The lowest BCUT2D eigenvalue weighted by atomic mass is 10.1. The minimum Gasteiger partial charge on any atom is -0.276 e. The molecule has 1 aromatic rings. The minimum atomic E-state index is -0.475. The van der Waals surface area contributed by atoms with Gasteiger partial charge in [0.1, 0.15) is 0 Å². The van der Waals surface area contributed by atoms with Crippen molar-refractivity contribution in [1.82, 2.24) is 0 Å². The summed E-state index contributed by atoms with van der Waals surface area (Å²) in [5, 5.41) is 0.171. The van der Waals surface area contributed by atoms with E-state index >= 15 is 0 Å². The fourth-order valence-corrected chi connectivity index (χ4v) is 1.34. The third-order valence-electron chi connectivity index (χ3n) is 1.61. The molecular formula is C10H8Cl2O. The van der Waals surface area contributed by atoms with E-state index in [0.717, 1.165) is 11.1 Å². The maximum absolute atomic E-state index is 10.6. The zero-order chi connectivity index (χ0) is 9.84. The first-order valence-electron chi connectivity index (χ1n) is 3.73. The molecule has 68 valence electrons. The van der Waals surface area contributed by atoms with Crippen molar-refractivity contribution in [1.29, 1.82) is 0 Å². The zero-order valence-electron chi connectivity index (χ0n) is 7.05. The van der Waals surface area contributed by atoms with Crippen LogP contribution < -0.4 is 0 Å². The molecule has 0 spiro atoms. The van der Waals surface area contributed by atoms with Crippen LogP contribution in [0.5, 0.6) is 0 Å². The lowest BCUT2D eigenvalue weighted by molar-refractivity contribution is -0.107. The van der Waals surface area contributed by atoms with Crippen molar-refractivity contribution < 1.29 is 4.79 Å². The van der Waals surface area contributed by atoms with Crippen molar-refractivity contribution in [3.63, 3.8) is 0 Å². The normalized spacial score (nSPS) is 11.5. The van der Waals surface area contributed by atoms with Crippen molar-refractivity contribution >= 4 is 34.0 Å². The van der Waals surface area contributed by atoms with Gasteiger partial charge in [-0.2, -0.15) is 0 Å². The Hall–Kier alpha value is -0.790. The Bertz CT molecular complexity index is 356. The highest BCUT2D eigenvalue weighted by Gasteiger charge is 1.98. The summed E-state index contributed by atoms with van der Waals surface area (Å²) in [7, 11) is 0. The first kappa shape index (κ1) is 10.3. The van der Waals surface area contributed by atoms with E-state index in [-0.39, 0.29) is 0 Å². The number of benzene rings is 1. The summed E-state index contributed by atoms with van der Waals surface area (Å²) >= 11 is 11.0. The quantitative estimate of drug-likeness (QED) is 0.545. The lowest BCUT2D eigenvalue weighted by Crippen LogP contribution is -1.83. The molecule has 0 bridgehead atoms. The van der Waals surface area contributed by atoms with Crippen molar-refractivity contribution in [2.24, 2.45) is 0 Å². The molecule has 0 aliphatic rings. The van der Waals surface area contributed by atoms with E-state index in [1.807, 2.05) is 19.1 Å². The van der Waals surface area contributed by atoms with E-state index in [2.05, 4.69) is 0 Å². The van der Waals surface area contributed by atoms with Gasteiger partial charge in [-0.3, -0.25) is 4.79 Å². The summed E-state index contributed by atoms with van der Waals surface area (Å²) in [6.07, 6.45) is 1.37. The number of rotatable bonds is 2. The fourth-order valence-electron chi connectivity index (χ4n) is 0.987. The van der Waals surface area contributed by atoms with Crippen LogP contribution in [-0.2, 0) is 4.79 Å². The van der Waals surface area contributed by atoms with Crippen molar-refractivity contribution in [2.75, 3.05) is 0 Å². The predicted octanol–water partition coefficient (Wildman–Crippen LogP) is 3.51. The smallest absolute Gasteiger partial charge is 0.245 e.